The van der Waals surface area contributed by atoms with Gasteiger partial charge in [0, 0.05) is 25.1 Å². The number of alkyl halides is 3. The van der Waals surface area contributed by atoms with Gasteiger partial charge in [-0.3, -0.25) is 4.79 Å². The molecular formula is C13H15F3N2O3. The number of carbonyl (C=O) groups excluding carboxylic acids is 1. The Balaban J connectivity index is 1.47. The van der Waals surface area contributed by atoms with Crippen LogP contribution >= 0.6 is 0 Å². The maximum atomic E-state index is 12.3. The molecule has 2 heterocycles. The first kappa shape index (κ1) is 14.4. The van der Waals surface area contributed by atoms with Crippen molar-refractivity contribution in [3.63, 3.8) is 0 Å². The van der Waals surface area contributed by atoms with Gasteiger partial charge >= 0.3 is 6.18 Å². The molecular weight excluding hydrogens is 289 g/mol. The SMILES string of the molecule is O=C(C1CC1)N1CCC(OCc2cc(C(F)(F)F)on2)C1. The first-order valence-corrected chi connectivity index (χ1v) is 6.86. The van der Waals surface area contributed by atoms with E-state index in [1.807, 2.05) is 0 Å². The van der Waals surface area contributed by atoms with E-state index in [1.165, 1.54) is 0 Å². The van der Waals surface area contributed by atoms with Gasteiger partial charge in [0.2, 0.25) is 11.7 Å². The molecule has 1 aliphatic heterocycles. The van der Waals surface area contributed by atoms with E-state index in [1.54, 1.807) is 4.90 Å². The minimum Gasteiger partial charge on any atom is -0.370 e. The number of amides is 1. The Hall–Kier alpha value is -1.57. The normalized spacial score (nSPS) is 22.8. The van der Waals surface area contributed by atoms with Crippen LogP contribution in [-0.2, 0) is 22.3 Å². The Morgan fingerprint density at radius 1 is 1.43 bits per heavy atom. The van der Waals surface area contributed by atoms with Gasteiger partial charge in [-0.25, -0.2) is 0 Å². The number of halogens is 3. The van der Waals surface area contributed by atoms with Crippen LogP contribution in [0.2, 0.25) is 0 Å². The second kappa shape index (κ2) is 5.32. The van der Waals surface area contributed by atoms with E-state index in [0.717, 1.165) is 18.9 Å². The topological polar surface area (TPSA) is 55.6 Å². The van der Waals surface area contributed by atoms with Crippen LogP contribution in [-0.4, -0.2) is 35.2 Å². The van der Waals surface area contributed by atoms with Crippen LogP contribution in [0.4, 0.5) is 13.2 Å². The van der Waals surface area contributed by atoms with Crippen LogP contribution in [0.15, 0.2) is 10.6 Å². The second-order valence-electron chi connectivity index (χ2n) is 5.46. The zero-order valence-corrected chi connectivity index (χ0v) is 11.2. The minimum absolute atomic E-state index is 0.0459. The fourth-order valence-electron chi connectivity index (χ4n) is 2.37. The lowest BCUT2D eigenvalue weighted by Gasteiger charge is -2.16. The molecule has 1 atom stereocenters. The van der Waals surface area contributed by atoms with Crippen molar-refractivity contribution in [2.24, 2.45) is 5.92 Å². The molecule has 0 spiro atoms. The largest absolute Gasteiger partial charge is 0.452 e. The Bertz CT molecular complexity index is 525. The summed E-state index contributed by atoms with van der Waals surface area (Å²) in [4.78, 5) is 13.6. The van der Waals surface area contributed by atoms with E-state index in [2.05, 4.69) is 9.68 Å². The van der Waals surface area contributed by atoms with E-state index in [9.17, 15) is 18.0 Å². The first-order valence-electron chi connectivity index (χ1n) is 6.86. The van der Waals surface area contributed by atoms with E-state index in [0.29, 0.717) is 19.5 Å². The summed E-state index contributed by atoms with van der Waals surface area (Å²) in [7, 11) is 0. The molecule has 1 saturated carbocycles. The number of nitrogens with zero attached hydrogens (tertiary/aromatic N) is 2. The molecule has 0 bridgehead atoms. The smallest absolute Gasteiger partial charge is 0.370 e. The molecule has 1 amide bonds. The Kier molecular flexibility index (Phi) is 3.64. The van der Waals surface area contributed by atoms with E-state index >= 15 is 0 Å². The van der Waals surface area contributed by atoms with Gasteiger partial charge in [-0.1, -0.05) is 5.16 Å². The van der Waals surface area contributed by atoms with Crippen LogP contribution in [0.25, 0.3) is 0 Å². The van der Waals surface area contributed by atoms with Crippen LogP contribution in [0, 0.1) is 5.92 Å². The molecule has 3 rings (SSSR count). The zero-order chi connectivity index (χ0) is 15.0. The van der Waals surface area contributed by atoms with Crippen molar-refractivity contribution in [3.05, 3.63) is 17.5 Å². The number of rotatable bonds is 4. The summed E-state index contributed by atoms with van der Waals surface area (Å²) in [6, 6.07) is 0.835. The van der Waals surface area contributed by atoms with Gasteiger partial charge < -0.3 is 14.2 Å². The third kappa shape index (κ3) is 3.37. The Labute approximate surface area is 119 Å². The number of hydrogen-bond acceptors (Lipinski definition) is 4. The molecule has 5 nitrogen and oxygen atoms in total. The summed E-state index contributed by atoms with van der Waals surface area (Å²) in [6.07, 6.45) is -2.08. The van der Waals surface area contributed by atoms with E-state index in [4.69, 9.17) is 4.74 Å². The van der Waals surface area contributed by atoms with Gasteiger partial charge in [0.25, 0.3) is 0 Å². The van der Waals surface area contributed by atoms with Crippen molar-refractivity contribution in [3.8, 4) is 0 Å². The standard InChI is InChI=1S/C13H15F3N2O3/c14-13(15,16)11-5-9(17-21-11)7-20-10-3-4-18(6-10)12(19)8-1-2-8/h5,8,10H,1-4,6-7H2. The van der Waals surface area contributed by atoms with E-state index in [-0.39, 0.29) is 30.2 Å². The minimum atomic E-state index is -4.54. The van der Waals surface area contributed by atoms with Crippen molar-refractivity contribution in [2.75, 3.05) is 13.1 Å². The molecule has 1 aromatic rings. The van der Waals surface area contributed by atoms with E-state index < -0.39 is 11.9 Å². The highest BCUT2D eigenvalue weighted by Gasteiger charge is 2.38. The van der Waals surface area contributed by atoms with Crippen LogP contribution in [0.1, 0.15) is 30.7 Å². The summed E-state index contributed by atoms with van der Waals surface area (Å²) in [5.41, 5.74) is 0.106. The molecule has 1 unspecified atom stereocenters. The molecule has 0 N–H and O–H groups in total. The fraction of sp³-hybridized carbons (Fsp3) is 0.692. The lowest BCUT2D eigenvalue weighted by atomic mass is 10.3. The lowest BCUT2D eigenvalue weighted by Crippen LogP contribution is -2.31. The molecule has 0 aromatic carbocycles. The predicted octanol–water partition coefficient (Wildman–Crippen LogP) is 2.22. The molecule has 2 aliphatic rings. The molecule has 116 valence electrons. The average molecular weight is 304 g/mol. The lowest BCUT2D eigenvalue weighted by molar-refractivity contribution is -0.155. The number of hydrogen-bond donors (Lipinski definition) is 0. The van der Waals surface area contributed by atoms with Gasteiger partial charge in [-0.05, 0) is 19.3 Å². The third-order valence-electron chi connectivity index (χ3n) is 3.69. The predicted molar refractivity (Wildman–Crippen MR) is 64.0 cm³/mol. The highest BCUT2D eigenvalue weighted by molar-refractivity contribution is 5.81. The van der Waals surface area contributed by atoms with Gasteiger partial charge in [0.15, 0.2) is 0 Å². The highest BCUT2D eigenvalue weighted by Crippen LogP contribution is 2.32. The van der Waals surface area contributed by atoms with Gasteiger partial charge in [0.05, 0.1) is 12.7 Å². The van der Waals surface area contributed by atoms with Crippen molar-refractivity contribution in [1.29, 1.82) is 0 Å². The molecule has 8 heteroatoms. The van der Waals surface area contributed by atoms with Crippen molar-refractivity contribution < 1.29 is 27.2 Å². The molecule has 0 radical (unpaired) electrons. The van der Waals surface area contributed by atoms with Crippen LogP contribution in [0.5, 0.6) is 0 Å². The quantitative estimate of drug-likeness (QED) is 0.856. The molecule has 1 aliphatic carbocycles. The molecule has 1 aromatic heterocycles. The summed E-state index contributed by atoms with van der Waals surface area (Å²) >= 11 is 0. The van der Waals surface area contributed by atoms with Crippen LogP contribution < -0.4 is 0 Å². The second-order valence-corrected chi connectivity index (χ2v) is 5.46. The van der Waals surface area contributed by atoms with Crippen molar-refractivity contribution in [2.45, 2.75) is 38.1 Å². The zero-order valence-electron chi connectivity index (χ0n) is 11.2. The van der Waals surface area contributed by atoms with Crippen molar-refractivity contribution >= 4 is 5.91 Å². The van der Waals surface area contributed by atoms with Gasteiger partial charge in [0.1, 0.15) is 5.69 Å². The number of likely N-dealkylation sites (tertiary alicyclic amines) is 1. The molecule has 21 heavy (non-hydrogen) atoms. The monoisotopic (exact) mass is 304 g/mol. The summed E-state index contributed by atoms with van der Waals surface area (Å²) < 4.78 is 46.8. The Morgan fingerprint density at radius 3 is 2.81 bits per heavy atom. The summed E-state index contributed by atoms with van der Waals surface area (Å²) in [5.74, 6) is -0.784. The number of aromatic nitrogens is 1. The molecule has 2 fully saturated rings. The van der Waals surface area contributed by atoms with Gasteiger partial charge in [-0.15, -0.1) is 0 Å². The fourth-order valence-corrected chi connectivity index (χ4v) is 2.37. The molecule has 1 saturated heterocycles. The average Bonchev–Trinajstić information content (AvgIpc) is 2.97. The highest BCUT2D eigenvalue weighted by atomic mass is 19.4. The van der Waals surface area contributed by atoms with Gasteiger partial charge in [-0.2, -0.15) is 13.2 Å². The first-order chi connectivity index (χ1) is 9.93. The van der Waals surface area contributed by atoms with Crippen molar-refractivity contribution in [1.82, 2.24) is 10.1 Å². The Morgan fingerprint density at radius 2 is 2.19 bits per heavy atom. The maximum absolute atomic E-state index is 12.3. The number of carbonyl (C=O) groups is 1. The van der Waals surface area contributed by atoms with Crippen LogP contribution in [0.3, 0.4) is 0 Å². The summed E-state index contributed by atoms with van der Waals surface area (Å²) in [6.45, 7) is 1.10. The number of ether oxygens (including phenoxy) is 1. The maximum Gasteiger partial charge on any atom is 0.452 e. The third-order valence-corrected chi connectivity index (χ3v) is 3.69. The summed E-state index contributed by atoms with van der Waals surface area (Å²) in [5, 5.41) is 3.34.